The van der Waals surface area contributed by atoms with Gasteiger partial charge in [0.25, 0.3) is 0 Å². The third-order valence-corrected chi connectivity index (χ3v) is 3.17. The molecule has 0 atom stereocenters. The number of fused-ring (bicyclic) bond motifs is 2. The molecule has 0 bridgehead atoms. The molecule has 1 N–H and O–H groups in total. The molecule has 8 nitrogen and oxygen atoms in total. The Morgan fingerprint density at radius 1 is 1.13 bits per heavy atom. The number of nitrogens with one attached hydrogen (secondary N) is 1. The van der Waals surface area contributed by atoms with E-state index in [0.29, 0.717) is 23.2 Å². The molecule has 0 aliphatic heterocycles. The summed E-state index contributed by atoms with van der Waals surface area (Å²) in [4.78, 5) is 29.2. The Morgan fingerprint density at radius 3 is 2.65 bits per heavy atom. The van der Waals surface area contributed by atoms with Crippen molar-refractivity contribution in [3.63, 3.8) is 0 Å². The summed E-state index contributed by atoms with van der Waals surface area (Å²) in [5, 5.41) is 3.09. The van der Waals surface area contributed by atoms with Crippen LogP contribution in [0.4, 0.5) is 12.0 Å². The second kappa shape index (κ2) is 6.08. The summed E-state index contributed by atoms with van der Waals surface area (Å²) in [6.45, 7) is 0. The molecule has 0 saturated heterocycles. The van der Waals surface area contributed by atoms with E-state index in [1.165, 1.54) is 0 Å². The molecule has 0 radical (unpaired) electrons. The molecule has 8 heteroatoms. The predicted octanol–water partition coefficient (Wildman–Crippen LogP) is 2.27. The average molecular weight is 309 g/mol. The molecule has 0 amide bonds. The maximum Gasteiger partial charge on any atom is 0.373 e. The Hall–Kier alpha value is -3.51. The topological polar surface area (TPSA) is 103 Å². The van der Waals surface area contributed by atoms with Crippen LogP contribution in [0.25, 0.3) is 22.3 Å². The molecule has 0 aliphatic rings. The fourth-order valence-corrected chi connectivity index (χ4v) is 2.18. The monoisotopic (exact) mass is 309 g/mol. The molecule has 0 unspecified atom stereocenters. The fourth-order valence-electron chi connectivity index (χ4n) is 2.18. The zero-order valence-corrected chi connectivity index (χ0v) is 12.1. The van der Waals surface area contributed by atoms with Gasteiger partial charge in [-0.25, -0.2) is 9.97 Å². The number of pyridine rings is 1. The summed E-state index contributed by atoms with van der Waals surface area (Å²) < 4.78 is 7.54. The van der Waals surface area contributed by atoms with Crippen molar-refractivity contribution in [2.45, 2.75) is 0 Å². The maximum atomic E-state index is 8.12. The van der Waals surface area contributed by atoms with Crippen molar-refractivity contribution < 1.29 is 14.0 Å². The number of rotatable bonds is 2. The second-order valence-electron chi connectivity index (χ2n) is 4.54. The average Bonchev–Trinajstić information content (AvgIpc) is 3.10. The molecule has 0 saturated carbocycles. The molecule has 3 heterocycles. The molecule has 4 aromatic rings. The normalized spacial score (nSPS) is 10.1. The second-order valence-corrected chi connectivity index (χ2v) is 4.54. The van der Waals surface area contributed by atoms with E-state index in [2.05, 4.69) is 20.3 Å². The van der Waals surface area contributed by atoms with Gasteiger partial charge in [-0.05, 0) is 24.3 Å². The highest BCUT2D eigenvalue weighted by Crippen LogP contribution is 2.23. The van der Waals surface area contributed by atoms with Gasteiger partial charge >= 0.3 is 12.2 Å². The number of imidazole rings is 1. The van der Waals surface area contributed by atoms with Crippen LogP contribution in [0.5, 0.6) is 0 Å². The number of hydrogen-bond donors (Lipinski definition) is 1. The molecule has 0 fully saturated rings. The number of nitrogens with zero attached hydrogens (tertiary/aromatic N) is 4. The minimum Gasteiger partial charge on any atom is -0.421 e. The number of aromatic nitrogens is 4. The number of oxazole rings is 1. The smallest absolute Gasteiger partial charge is 0.373 e. The Balaban J connectivity index is 0.000000485. The van der Waals surface area contributed by atoms with Crippen LogP contribution in [0.1, 0.15) is 0 Å². The van der Waals surface area contributed by atoms with E-state index in [-0.39, 0.29) is 6.15 Å². The summed E-state index contributed by atoms with van der Waals surface area (Å²) in [7, 11) is 1.94. The number of benzene rings is 1. The van der Waals surface area contributed by atoms with Crippen molar-refractivity contribution in [2.75, 3.05) is 5.32 Å². The maximum absolute atomic E-state index is 8.12. The lowest BCUT2D eigenvalue weighted by molar-refractivity contribution is -0.191. The highest BCUT2D eigenvalue weighted by atomic mass is 16.4. The Bertz CT molecular complexity index is 966. The summed E-state index contributed by atoms with van der Waals surface area (Å²) in [6.07, 6.45) is 1.93. The molecule has 1 aromatic carbocycles. The van der Waals surface area contributed by atoms with Gasteiger partial charge in [-0.2, -0.15) is 14.6 Å². The first-order chi connectivity index (χ1) is 11.2. The number of hydrogen-bond acceptors (Lipinski definition) is 7. The van der Waals surface area contributed by atoms with E-state index in [9.17, 15) is 0 Å². The lowest BCUT2D eigenvalue weighted by atomic mass is 10.3. The molecule has 23 heavy (non-hydrogen) atoms. The van der Waals surface area contributed by atoms with Crippen molar-refractivity contribution >= 4 is 40.4 Å². The Kier molecular flexibility index (Phi) is 3.82. The van der Waals surface area contributed by atoms with Crippen molar-refractivity contribution in [3.8, 4) is 0 Å². The van der Waals surface area contributed by atoms with E-state index >= 15 is 0 Å². The van der Waals surface area contributed by atoms with Gasteiger partial charge in [0.05, 0.1) is 11.0 Å². The lowest BCUT2D eigenvalue weighted by Gasteiger charge is -2.01. The number of aryl methyl sites for hydroxylation is 1. The molecule has 0 aliphatic carbocycles. The predicted molar refractivity (Wildman–Crippen MR) is 80.8 cm³/mol. The molecule has 3 aromatic heterocycles. The summed E-state index contributed by atoms with van der Waals surface area (Å²) >= 11 is 0. The van der Waals surface area contributed by atoms with Gasteiger partial charge in [0.1, 0.15) is 0 Å². The van der Waals surface area contributed by atoms with E-state index in [4.69, 9.17) is 14.0 Å². The number of anilines is 2. The zero-order valence-electron chi connectivity index (χ0n) is 12.1. The summed E-state index contributed by atoms with van der Waals surface area (Å²) in [5.41, 5.74) is 3.19. The number of para-hydroxylation sites is 2. The molecular formula is C15H11N5O3. The van der Waals surface area contributed by atoms with Crippen LogP contribution in [0, 0.1) is 0 Å². The van der Waals surface area contributed by atoms with Gasteiger partial charge in [-0.15, -0.1) is 0 Å². The first kappa shape index (κ1) is 14.4. The lowest BCUT2D eigenvalue weighted by Crippen LogP contribution is -1.98. The van der Waals surface area contributed by atoms with Gasteiger partial charge in [-0.3, -0.25) is 5.32 Å². The quantitative estimate of drug-likeness (QED) is 0.605. The van der Waals surface area contributed by atoms with Crippen molar-refractivity contribution in [1.82, 2.24) is 19.5 Å². The van der Waals surface area contributed by atoms with Crippen LogP contribution >= 0.6 is 0 Å². The largest absolute Gasteiger partial charge is 0.421 e. The zero-order chi connectivity index (χ0) is 16.2. The molecule has 0 spiro atoms. The highest BCUT2D eigenvalue weighted by molar-refractivity contribution is 5.79. The van der Waals surface area contributed by atoms with Crippen molar-refractivity contribution in [3.05, 3.63) is 42.6 Å². The number of carbonyl (C=O) groups excluding carboxylic acids is 2. The van der Waals surface area contributed by atoms with Gasteiger partial charge in [0.15, 0.2) is 5.58 Å². The highest BCUT2D eigenvalue weighted by Gasteiger charge is 2.11. The van der Waals surface area contributed by atoms with Crippen LogP contribution in [0.15, 0.2) is 47.0 Å². The SMILES string of the molecule is Cn1c(Nc2nc3ncccc3o2)nc2ccccc21.O=C=O. The fraction of sp³-hybridized carbons (Fsp3) is 0.0667. The van der Waals surface area contributed by atoms with Crippen molar-refractivity contribution in [2.24, 2.45) is 7.05 Å². The summed E-state index contributed by atoms with van der Waals surface area (Å²) in [5.74, 6) is 0.678. The third kappa shape index (κ3) is 2.78. The van der Waals surface area contributed by atoms with Gasteiger partial charge in [-0.1, -0.05) is 12.1 Å². The minimum absolute atomic E-state index is 0.250. The molecule has 4 rings (SSSR count). The van der Waals surface area contributed by atoms with Crippen molar-refractivity contribution in [1.29, 1.82) is 0 Å². The molecule has 114 valence electrons. The van der Waals surface area contributed by atoms with E-state index in [0.717, 1.165) is 11.0 Å². The Labute approximate surface area is 129 Å². The van der Waals surface area contributed by atoms with Gasteiger partial charge < -0.3 is 8.98 Å². The van der Waals surface area contributed by atoms with Crippen LogP contribution in [-0.4, -0.2) is 25.7 Å². The van der Waals surface area contributed by atoms with Gasteiger partial charge in [0.2, 0.25) is 11.6 Å². The van der Waals surface area contributed by atoms with Crippen LogP contribution in [0.2, 0.25) is 0 Å². The summed E-state index contributed by atoms with van der Waals surface area (Å²) in [6, 6.07) is 12.0. The standard InChI is InChI=1S/C14H11N5O.CO2/c1-19-10-6-3-2-5-9(10)16-13(19)18-14-17-12-11(20-14)7-4-8-15-12;2-1-3/h2-8H,1H3,(H,15,16,17,18);. The van der Waals surface area contributed by atoms with E-state index < -0.39 is 0 Å². The first-order valence-electron chi connectivity index (χ1n) is 6.62. The van der Waals surface area contributed by atoms with Crippen LogP contribution in [-0.2, 0) is 16.6 Å². The third-order valence-electron chi connectivity index (χ3n) is 3.17. The Morgan fingerprint density at radius 2 is 1.91 bits per heavy atom. The molecular weight excluding hydrogens is 298 g/mol. The van der Waals surface area contributed by atoms with Gasteiger partial charge in [0, 0.05) is 13.2 Å². The minimum atomic E-state index is 0.250. The first-order valence-corrected chi connectivity index (χ1v) is 6.62. The van der Waals surface area contributed by atoms with E-state index in [1.54, 1.807) is 6.20 Å². The van der Waals surface area contributed by atoms with E-state index in [1.807, 2.05) is 48.0 Å². The van der Waals surface area contributed by atoms with Crippen LogP contribution in [0.3, 0.4) is 0 Å². The van der Waals surface area contributed by atoms with Crippen LogP contribution < -0.4 is 5.32 Å².